The van der Waals surface area contributed by atoms with Gasteiger partial charge in [-0.3, -0.25) is 14.4 Å². The van der Waals surface area contributed by atoms with Gasteiger partial charge in [0.1, 0.15) is 11.4 Å². The number of imidazole rings is 1. The van der Waals surface area contributed by atoms with Crippen molar-refractivity contribution in [1.29, 1.82) is 0 Å². The number of H-pyrrole nitrogens is 1. The number of rotatable bonds is 2. The van der Waals surface area contributed by atoms with E-state index < -0.39 is 5.41 Å². The Morgan fingerprint density at radius 1 is 1.14 bits per heavy atom. The Kier molecular flexibility index (Phi) is 4.92. The fourth-order valence-corrected chi connectivity index (χ4v) is 6.24. The molecule has 2 aromatic carbocycles. The van der Waals surface area contributed by atoms with E-state index in [1.807, 2.05) is 46.2 Å². The molecule has 0 saturated carbocycles. The molecule has 1 N–H and O–H groups in total. The van der Waals surface area contributed by atoms with Gasteiger partial charge in [0.2, 0.25) is 5.91 Å². The number of hydrogen-bond acceptors (Lipinski definition) is 6. The second-order valence-electron chi connectivity index (χ2n) is 9.83. The van der Waals surface area contributed by atoms with Gasteiger partial charge in [-0.2, -0.15) is 0 Å². The van der Waals surface area contributed by atoms with Gasteiger partial charge in [-0.1, -0.05) is 35.5 Å². The summed E-state index contributed by atoms with van der Waals surface area (Å²) in [5.74, 6) is 0.942. The van der Waals surface area contributed by atoms with Crippen molar-refractivity contribution in [2.75, 3.05) is 18.1 Å². The number of aromatic nitrogens is 5. The number of fused-ring (bicyclic) bond motifs is 8. The maximum Gasteiger partial charge on any atom is 0.240 e. The third-order valence-corrected chi connectivity index (χ3v) is 7.74. The molecule has 1 amide bonds. The van der Waals surface area contributed by atoms with Crippen molar-refractivity contribution in [2.45, 2.75) is 43.9 Å². The van der Waals surface area contributed by atoms with Crippen LogP contribution in [-0.2, 0) is 29.8 Å². The fourth-order valence-electron chi connectivity index (χ4n) is 6.24. The molecule has 3 aliphatic heterocycles. The van der Waals surface area contributed by atoms with Crippen molar-refractivity contribution < 1.29 is 9.53 Å². The Bertz CT molecular complexity index is 1420. The molecule has 36 heavy (non-hydrogen) atoms. The summed E-state index contributed by atoms with van der Waals surface area (Å²) in [6.07, 6.45) is 7.05. The van der Waals surface area contributed by atoms with Crippen molar-refractivity contribution >= 4 is 11.6 Å². The lowest BCUT2D eigenvalue weighted by atomic mass is 9.72. The molecule has 0 unspecified atom stereocenters. The van der Waals surface area contributed by atoms with E-state index in [0.29, 0.717) is 26.2 Å². The summed E-state index contributed by atoms with van der Waals surface area (Å²) in [6, 6.07) is 16.4. The number of para-hydroxylation sites is 1. The molecule has 2 aromatic heterocycles. The van der Waals surface area contributed by atoms with Crippen molar-refractivity contribution in [1.82, 2.24) is 29.9 Å². The van der Waals surface area contributed by atoms with E-state index in [1.165, 1.54) is 0 Å². The molecule has 182 valence electrons. The zero-order valence-corrected chi connectivity index (χ0v) is 19.9. The lowest BCUT2D eigenvalue weighted by Crippen LogP contribution is -2.44. The van der Waals surface area contributed by atoms with Crippen LogP contribution >= 0.6 is 0 Å². The van der Waals surface area contributed by atoms with Gasteiger partial charge in [0, 0.05) is 43.6 Å². The first-order valence-corrected chi connectivity index (χ1v) is 12.5. The number of likely N-dealkylation sites (tertiary alicyclic amines) is 1. The van der Waals surface area contributed by atoms with Gasteiger partial charge >= 0.3 is 0 Å². The number of carbonyl (C=O) groups is 1. The Morgan fingerprint density at radius 2 is 2.08 bits per heavy atom. The van der Waals surface area contributed by atoms with Crippen molar-refractivity contribution in [3.05, 3.63) is 89.8 Å². The number of aromatic amines is 1. The average molecular weight is 482 g/mol. The number of hydrogen-bond donors (Lipinski definition) is 1. The van der Waals surface area contributed by atoms with E-state index in [1.54, 1.807) is 6.33 Å². The summed E-state index contributed by atoms with van der Waals surface area (Å²) in [7, 11) is 0. The average Bonchev–Trinajstić information content (AvgIpc) is 3.68. The van der Waals surface area contributed by atoms with E-state index in [-0.39, 0.29) is 11.9 Å². The molecule has 6 bridgehead atoms. The number of nitrogens with one attached hydrogen (secondary N) is 1. The minimum Gasteiger partial charge on any atom is -0.494 e. The van der Waals surface area contributed by atoms with Crippen molar-refractivity contribution in [2.24, 2.45) is 0 Å². The molecule has 2 atom stereocenters. The van der Waals surface area contributed by atoms with Gasteiger partial charge in [-0.15, -0.1) is 5.10 Å². The van der Waals surface area contributed by atoms with Crippen LogP contribution in [0.3, 0.4) is 0 Å². The van der Waals surface area contributed by atoms with Gasteiger partial charge in [0.25, 0.3) is 0 Å². The summed E-state index contributed by atoms with van der Waals surface area (Å²) in [4.78, 5) is 26.3. The maximum absolute atomic E-state index is 14.6. The molecule has 0 radical (unpaired) electrons. The standard InChI is InChI=1S/C27H27N7O2/c35-26-27-9-11-32(15-20-14-28-18-29-20)25(27)19-5-3-6-22(13-19)36-12-4-10-33-16-21(30-31-33)17-34(26)24-8-2-1-7-23(24)27/h1-3,5-8,13-14,16,18,25H,4,9-12,15,17H2,(H,28,29)/t25-,27-/m0/s1. The first-order valence-electron chi connectivity index (χ1n) is 12.5. The molecule has 1 spiro atoms. The Labute approximate surface area is 208 Å². The normalized spacial score (nSPS) is 23.5. The number of nitrogens with zero attached hydrogens (tertiary/aromatic N) is 6. The van der Waals surface area contributed by atoms with E-state index in [0.717, 1.165) is 53.3 Å². The summed E-state index contributed by atoms with van der Waals surface area (Å²) >= 11 is 0. The lowest BCUT2D eigenvalue weighted by molar-refractivity contribution is -0.124. The number of ether oxygens (including phenoxy) is 1. The van der Waals surface area contributed by atoms with Crippen LogP contribution in [-0.4, -0.2) is 48.9 Å². The zero-order chi connectivity index (χ0) is 24.1. The zero-order valence-electron chi connectivity index (χ0n) is 19.9. The highest BCUT2D eigenvalue weighted by Gasteiger charge is 2.60. The molecule has 4 aromatic rings. The van der Waals surface area contributed by atoms with Gasteiger partial charge in [-0.05, 0) is 35.7 Å². The van der Waals surface area contributed by atoms with E-state index >= 15 is 0 Å². The number of benzene rings is 2. The Balaban J connectivity index is 1.41. The molecule has 1 fully saturated rings. The number of carbonyl (C=O) groups excluding carboxylic acids is 1. The third-order valence-electron chi connectivity index (χ3n) is 7.74. The summed E-state index contributed by atoms with van der Waals surface area (Å²) in [5, 5.41) is 8.67. The number of anilines is 1. The highest BCUT2D eigenvalue weighted by molar-refractivity contribution is 6.09. The van der Waals surface area contributed by atoms with Crippen LogP contribution in [0.4, 0.5) is 5.69 Å². The van der Waals surface area contributed by atoms with Gasteiger partial charge in [0.15, 0.2) is 0 Å². The third kappa shape index (κ3) is 3.26. The van der Waals surface area contributed by atoms with Crippen LogP contribution in [0.2, 0.25) is 0 Å². The van der Waals surface area contributed by atoms with Crippen LogP contribution in [0.1, 0.15) is 41.4 Å². The quantitative estimate of drug-likeness (QED) is 0.473. The van der Waals surface area contributed by atoms with Gasteiger partial charge < -0.3 is 14.6 Å². The highest BCUT2D eigenvalue weighted by atomic mass is 16.5. The van der Waals surface area contributed by atoms with E-state index in [9.17, 15) is 4.79 Å². The molecule has 1 saturated heterocycles. The SMILES string of the molecule is O=C1N2Cc3cn(nn3)CCCOc3cccc(c3)[C@@H]3N(Cc4cnc[nH]4)CC[C@@]13c1ccccc12. The maximum atomic E-state index is 14.6. The smallest absolute Gasteiger partial charge is 0.240 e. The Morgan fingerprint density at radius 3 is 3.00 bits per heavy atom. The summed E-state index contributed by atoms with van der Waals surface area (Å²) in [5.41, 5.74) is 4.25. The largest absolute Gasteiger partial charge is 0.494 e. The molecule has 7 rings (SSSR count). The topological polar surface area (TPSA) is 92.2 Å². The highest BCUT2D eigenvalue weighted by Crippen LogP contribution is 2.57. The monoisotopic (exact) mass is 481 g/mol. The Hall–Kier alpha value is -3.98. The van der Waals surface area contributed by atoms with E-state index in [4.69, 9.17) is 4.74 Å². The summed E-state index contributed by atoms with van der Waals surface area (Å²) in [6.45, 7) is 3.17. The molecular weight excluding hydrogens is 454 g/mol. The molecule has 9 nitrogen and oxygen atoms in total. The molecule has 9 heteroatoms. The predicted molar refractivity (Wildman–Crippen MR) is 132 cm³/mol. The predicted octanol–water partition coefficient (Wildman–Crippen LogP) is 3.22. The first-order chi connectivity index (χ1) is 17.7. The van der Waals surface area contributed by atoms with Gasteiger partial charge in [0.05, 0.1) is 37.1 Å². The second-order valence-corrected chi connectivity index (χ2v) is 9.83. The fraction of sp³-hybridized carbons (Fsp3) is 0.333. The second kappa shape index (κ2) is 8.30. The van der Waals surface area contributed by atoms with Crippen molar-refractivity contribution in [3.63, 3.8) is 0 Å². The molecule has 3 aliphatic rings. The minimum absolute atomic E-state index is 0.122. The first kappa shape index (κ1) is 21.3. The molecule has 5 heterocycles. The van der Waals surface area contributed by atoms with Crippen LogP contribution in [0, 0.1) is 0 Å². The molecule has 0 aliphatic carbocycles. The van der Waals surface area contributed by atoms with Crippen LogP contribution in [0.5, 0.6) is 5.75 Å². The van der Waals surface area contributed by atoms with E-state index in [2.05, 4.69) is 49.4 Å². The summed E-state index contributed by atoms with van der Waals surface area (Å²) < 4.78 is 7.98. The van der Waals surface area contributed by atoms with Gasteiger partial charge in [-0.25, -0.2) is 4.98 Å². The van der Waals surface area contributed by atoms with Crippen LogP contribution in [0.25, 0.3) is 0 Å². The molecular formula is C27H27N7O2. The van der Waals surface area contributed by atoms with Crippen LogP contribution in [0.15, 0.2) is 67.3 Å². The lowest BCUT2D eigenvalue weighted by Gasteiger charge is -2.35. The van der Waals surface area contributed by atoms with Crippen molar-refractivity contribution in [3.8, 4) is 5.75 Å². The number of amides is 1. The number of aryl methyl sites for hydroxylation is 1. The minimum atomic E-state index is -0.703. The van der Waals surface area contributed by atoms with Crippen LogP contribution < -0.4 is 9.64 Å².